The van der Waals surface area contributed by atoms with Gasteiger partial charge in [-0.05, 0) is 56.7 Å². The Balaban J connectivity index is 1.51. The highest BCUT2D eigenvalue weighted by Gasteiger charge is 2.22. The Labute approximate surface area is 172 Å². The van der Waals surface area contributed by atoms with E-state index in [1.165, 1.54) is 0 Å². The minimum absolute atomic E-state index is 0.00729. The van der Waals surface area contributed by atoms with E-state index in [0.29, 0.717) is 5.02 Å². The fourth-order valence-corrected chi connectivity index (χ4v) is 3.83. The van der Waals surface area contributed by atoms with E-state index in [2.05, 4.69) is 29.4 Å². The van der Waals surface area contributed by atoms with Gasteiger partial charge in [0.05, 0.1) is 18.8 Å². The summed E-state index contributed by atoms with van der Waals surface area (Å²) in [4.78, 5) is 14.6. The largest absolute Gasteiger partial charge is 0.372 e. The zero-order valence-corrected chi connectivity index (χ0v) is 17.4. The molecule has 28 heavy (non-hydrogen) atoms. The van der Waals surface area contributed by atoms with E-state index in [1.54, 1.807) is 0 Å². The molecule has 0 aliphatic carbocycles. The maximum absolute atomic E-state index is 12.3. The molecule has 1 fully saturated rings. The van der Waals surface area contributed by atoms with Gasteiger partial charge in [0.15, 0.2) is 0 Å². The van der Waals surface area contributed by atoms with Crippen LogP contribution >= 0.6 is 11.6 Å². The lowest BCUT2D eigenvalue weighted by Crippen LogP contribution is -2.45. The second-order valence-electron chi connectivity index (χ2n) is 7.38. The van der Waals surface area contributed by atoms with Crippen molar-refractivity contribution in [3.05, 3.63) is 59.1 Å². The molecule has 0 spiro atoms. The predicted octanol–water partition coefficient (Wildman–Crippen LogP) is 4.24. The third-order valence-electron chi connectivity index (χ3n) is 4.88. The van der Waals surface area contributed by atoms with E-state index in [0.717, 1.165) is 30.0 Å². The Kier molecular flexibility index (Phi) is 6.94. The SMILES string of the molecule is CC1CN(c2ccc(NC(=O)CNC(C)c3ccccc3Cl)cc2)CC(C)O1. The summed E-state index contributed by atoms with van der Waals surface area (Å²) in [6.07, 6.45) is 0.434. The van der Waals surface area contributed by atoms with Crippen LogP contribution in [0.3, 0.4) is 0 Å². The van der Waals surface area contributed by atoms with E-state index >= 15 is 0 Å². The standard InChI is InChI=1S/C22H28ClN3O2/c1-15-13-26(14-16(2)28-15)19-10-8-18(9-11-19)25-22(27)12-24-17(3)20-6-4-5-7-21(20)23/h4-11,15-17,24H,12-14H2,1-3H3,(H,25,27). The van der Waals surface area contributed by atoms with Gasteiger partial charge in [0, 0.05) is 35.5 Å². The van der Waals surface area contributed by atoms with Crippen LogP contribution in [0, 0.1) is 0 Å². The second-order valence-corrected chi connectivity index (χ2v) is 7.79. The number of carbonyl (C=O) groups excluding carboxylic acids is 1. The van der Waals surface area contributed by atoms with Crippen molar-refractivity contribution in [2.24, 2.45) is 0 Å². The Bertz CT molecular complexity index is 787. The van der Waals surface area contributed by atoms with Gasteiger partial charge in [-0.1, -0.05) is 29.8 Å². The number of nitrogens with one attached hydrogen (secondary N) is 2. The maximum Gasteiger partial charge on any atom is 0.238 e. The van der Waals surface area contributed by atoms with Crippen molar-refractivity contribution in [3.8, 4) is 0 Å². The van der Waals surface area contributed by atoms with E-state index < -0.39 is 0 Å². The molecule has 5 nitrogen and oxygen atoms in total. The van der Waals surface area contributed by atoms with Crippen LogP contribution < -0.4 is 15.5 Å². The average Bonchev–Trinajstić information content (AvgIpc) is 2.66. The lowest BCUT2D eigenvalue weighted by Gasteiger charge is -2.36. The first-order chi connectivity index (χ1) is 13.4. The fraction of sp³-hybridized carbons (Fsp3) is 0.409. The van der Waals surface area contributed by atoms with E-state index in [1.807, 2.05) is 55.5 Å². The van der Waals surface area contributed by atoms with Crippen LogP contribution in [-0.2, 0) is 9.53 Å². The van der Waals surface area contributed by atoms with Gasteiger partial charge in [-0.25, -0.2) is 0 Å². The number of morpholine rings is 1. The topological polar surface area (TPSA) is 53.6 Å². The van der Waals surface area contributed by atoms with Gasteiger partial charge in [-0.15, -0.1) is 0 Å². The fourth-order valence-electron chi connectivity index (χ4n) is 3.53. The first-order valence-electron chi connectivity index (χ1n) is 9.70. The Hall–Kier alpha value is -2.08. The maximum atomic E-state index is 12.3. The molecule has 150 valence electrons. The first-order valence-corrected chi connectivity index (χ1v) is 10.1. The Morgan fingerprint density at radius 2 is 1.79 bits per heavy atom. The summed E-state index contributed by atoms with van der Waals surface area (Å²) < 4.78 is 5.79. The van der Waals surface area contributed by atoms with E-state index in [-0.39, 0.29) is 30.7 Å². The highest BCUT2D eigenvalue weighted by molar-refractivity contribution is 6.31. The lowest BCUT2D eigenvalue weighted by molar-refractivity contribution is -0.115. The van der Waals surface area contributed by atoms with Crippen molar-refractivity contribution in [2.75, 3.05) is 29.9 Å². The number of nitrogens with zero attached hydrogens (tertiary/aromatic N) is 1. The molecule has 0 saturated carbocycles. The van der Waals surface area contributed by atoms with E-state index in [4.69, 9.17) is 16.3 Å². The molecule has 0 bridgehead atoms. The van der Waals surface area contributed by atoms with Gasteiger partial charge >= 0.3 is 0 Å². The summed E-state index contributed by atoms with van der Waals surface area (Å²) >= 11 is 6.21. The number of amides is 1. The third kappa shape index (κ3) is 5.47. The molecule has 2 aromatic rings. The van der Waals surface area contributed by atoms with Crippen molar-refractivity contribution in [1.82, 2.24) is 5.32 Å². The van der Waals surface area contributed by atoms with Crippen LogP contribution in [0.2, 0.25) is 5.02 Å². The molecule has 1 heterocycles. The van der Waals surface area contributed by atoms with Crippen molar-refractivity contribution >= 4 is 28.9 Å². The summed E-state index contributed by atoms with van der Waals surface area (Å²) in [6.45, 7) is 8.14. The summed E-state index contributed by atoms with van der Waals surface area (Å²) in [5, 5.41) is 6.85. The number of hydrogen-bond acceptors (Lipinski definition) is 4. The minimum Gasteiger partial charge on any atom is -0.372 e. The quantitative estimate of drug-likeness (QED) is 0.760. The van der Waals surface area contributed by atoms with Gasteiger partial charge in [-0.2, -0.15) is 0 Å². The summed E-state index contributed by atoms with van der Waals surface area (Å²) in [5.74, 6) is -0.0831. The molecule has 2 aromatic carbocycles. The van der Waals surface area contributed by atoms with Crippen LogP contribution in [0.15, 0.2) is 48.5 Å². The normalized spacial score (nSPS) is 20.6. The van der Waals surface area contributed by atoms with Gasteiger partial charge in [0.1, 0.15) is 0 Å². The third-order valence-corrected chi connectivity index (χ3v) is 5.22. The Morgan fingerprint density at radius 1 is 1.14 bits per heavy atom. The molecule has 3 atom stereocenters. The number of rotatable bonds is 6. The molecule has 1 aliphatic rings. The zero-order chi connectivity index (χ0) is 20.1. The minimum atomic E-state index is -0.0831. The van der Waals surface area contributed by atoms with Crippen molar-refractivity contribution < 1.29 is 9.53 Å². The van der Waals surface area contributed by atoms with Crippen molar-refractivity contribution in [2.45, 2.75) is 39.0 Å². The van der Waals surface area contributed by atoms with Crippen molar-refractivity contribution in [1.29, 1.82) is 0 Å². The predicted molar refractivity (Wildman–Crippen MR) is 115 cm³/mol. The molecule has 1 saturated heterocycles. The number of hydrogen-bond donors (Lipinski definition) is 2. The van der Waals surface area contributed by atoms with Gasteiger partial charge in [-0.3, -0.25) is 4.79 Å². The highest BCUT2D eigenvalue weighted by atomic mass is 35.5. The van der Waals surface area contributed by atoms with Crippen LogP contribution in [0.5, 0.6) is 0 Å². The Morgan fingerprint density at radius 3 is 2.43 bits per heavy atom. The summed E-state index contributed by atoms with van der Waals surface area (Å²) in [6, 6.07) is 15.6. The molecular weight excluding hydrogens is 374 g/mol. The van der Waals surface area contributed by atoms with Crippen LogP contribution in [0.4, 0.5) is 11.4 Å². The lowest BCUT2D eigenvalue weighted by atomic mass is 10.1. The van der Waals surface area contributed by atoms with Crippen LogP contribution in [0.1, 0.15) is 32.4 Å². The van der Waals surface area contributed by atoms with Gasteiger partial charge in [0.2, 0.25) is 5.91 Å². The van der Waals surface area contributed by atoms with Crippen molar-refractivity contribution in [3.63, 3.8) is 0 Å². The number of ether oxygens (including phenoxy) is 1. The molecule has 6 heteroatoms. The monoisotopic (exact) mass is 401 g/mol. The molecule has 1 amide bonds. The molecule has 3 rings (SSSR count). The summed E-state index contributed by atoms with van der Waals surface area (Å²) in [7, 11) is 0. The highest BCUT2D eigenvalue weighted by Crippen LogP contribution is 2.23. The van der Waals surface area contributed by atoms with Crippen LogP contribution in [0.25, 0.3) is 0 Å². The van der Waals surface area contributed by atoms with Gasteiger partial charge < -0.3 is 20.3 Å². The average molecular weight is 402 g/mol. The molecule has 0 aromatic heterocycles. The van der Waals surface area contributed by atoms with Crippen LogP contribution in [-0.4, -0.2) is 37.7 Å². The number of halogens is 1. The second kappa shape index (κ2) is 9.41. The first kappa shape index (κ1) is 20.6. The van der Waals surface area contributed by atoms with E-state index in [9.17, 15) is 4.79 Å². The molecule has 3 unspecified atom stereocenters. The summed E-state index contributed by atoms with van der Waals surface area (Å²) in [5.41, 5.74) is 2.91. The zero-order valence-electron chi connectivity index (χ0n) is 16.6. The number of carbonyl (C=O) groups is 1. The molecule has 2 N–H and O–H groups in total. The smallest absolute Gasteiger partial charge is 0.238 e. The molecule has 1 aliphatic heterocycles. The molecular formula is C22H28ClN3O2. The van der Waals surface area contributed by atoms with Gasteiger partial charge in [0.25, 0.3) is 0 Å². The number of benzene rings is 2. The number of anilines is 2. The molecule has 0 radical (unpaired) electrons.